The Morgan fingerprint density at radius 3 is 2.92 bits per heavy atom. The van der Waals surface area contributed by atoms with Crippen LogP contribution in [0.5, 0.6) is 0 Å². The van der Waals surface area contributed by atoms with Crippen LogP contribution in [0.25, 0.3) is 0 Å². The molecule has 0 amide bonds. The second-order valence-corrected chi connectivity index (χ2v) is 4.32. The summed E-state index contributed by atoms with van der Waals surface area (Å²) in [7, 11) is -2.08. The Balaban J connectivity index is 2.69. The van der Waals surface area contributed by atoms with E-state index in [4.69, 9.17) is 15.5 Å². The van der Waals surface area contributed by atoms with Crippen molar-refractivity contribution < 1.29 is 18.1 Å². The van der Waals surface area contributed by atoms with Crippen molar-refractivity contribution in [1.29, 1.82) is 0 Å². The van der Waals surface area contributed by atoms with Gasteiger partial charge >= 0.3 is 7.82 Å². The van der Waals surface area contributed by atoms with Crippen molar-refractivity contribution in [2.45, 2.75) is 13.0 Å². The van der Waals surface area contributed by atoms with E-state index in [0.717, 1.165) is 0 Å². The number of phosphoric ester groups is 1. The first-order valence-corrected chi connectivity index (χ1v) is 5.02. The van der Waals surface area contributed by atoms with Crippen LogP contribution in [-0.2, 0) is 18.1 Å². The number of phosphoric acid groups is 1. The molecule has 12 heavy (non-hydrogen) atoms. The molecule has 1 aliphatic heterocycles. The Morgan fingerprint density at radius 1 is 1.75 bits per heavy atom. The third-order valence-electron chi connectivity index (χ3n) is 1.64. The van der Waals surface area contributed by atoms with E-state index in [-0.39, 0.29) is 5.92 Å². The van der Waals surface area contributed by atoms with Crippen LogP contribution in [0, 0.1) is 18.3 Å². The van der Waals surface area contributed by atoms with Crippen LogP contribution in [-0.4, -0.2) is 19.8 Å². The van der Waals surface area contributed by atoms with Gasteiger partial charge in [0.25, 0.3) is 0 Å². The number of hydrogen-bond acceptors (Lipinski definition) is 4. The van der Waals surface area contributed by atoms with Crippen LogP contribution in [0.4, 0.5) is 0 Å². The molecule has 0 saturated carbocycles. The molecule has 0 aromatic rings. The molecular formula is C7H11O4P. The second kappa shape index (κ2) is 3.59. The predicted octanol–water partition coefficient (Wildman–Crippen LogP) is 1.43. The average Bonchev–Trinajstić information content (AvgIpc) is 2.10. The van der Waals surface area contributed by atoms with Gasteiger partial charge in [0.2, 0.25) is 0 Å². The van der Waals surface area contributed by atoms with Crippen LogP contribution in [0.3, 0.4) is 0 Å². The monoisotopic (exact) mass is 190 g/mol. The van der Waals surface area contributed by atoms with Gasteiger partial charge in [0, 0.05) is 13.0 Å². The van der Waals surface area contributed by atoms with Crippen molar-refractivity contribution in [2.75, 3.05) is 13.7 Å². The van der Waals surface area contributed by atoms with Gasteiger partial charge in [-0.15, -0.1) is 6.42 Å². The topological polar surface area (TPSA) is 44.8 Å². The molecule has 1 fully saturated rings. The lowest BCUT2D eigenvalue weighted by Gasteiger charge is -2.29. The highest BCUT2D eigenvalue weighted by molar-refractivity contribution is 7.48. The van der Waals surface area contributed by atoms with Crippen molar-refractivity contribution in [3.05, 3.63) is 0 Å². The van der Waals surface area contributed by atoms with E-state index in [1.54, 1.807) is 0 Å². The number of hydrogen-bond donors (Lipinski definition) is 0. The van der Waals surface area contributed by atoms with Gasteiger partial charge in [-0.1, -0.05) is 12.8 Å². The Hall–Kier alpha value is -0.330. The van der Waals surface area contributed by atoms with Crippen LogP contribution in [0.15, 0.2) is 0 Å². The standard InChI is InChI=1S/C7H11O4P/c1-4-7-6(2)5-10-12(8,9-3)11-7/h1,6-7H,5H2,2-3H3. The van der Waals surface area contributed by atoms with Crippen LogP contribution < -0.4 is 0 Å². The molecule has 1 aliphatic rings. The van der Waals surface area contributed by atoms with Gasteiger partial charge in [0.05, 0.1) is 6.61 Å². The van der Waals surface area contributed by atoms with E-state index < -0.39 is 13.9 Å². The summed E-state index contributed by atoms with van der Waals surface area (Å²) in [6.45, 7) is 2.17. The zero-order valence-electron chi connectivity index (χ0n) is 7.02. The van der Waals surface area contributed by atoms with Crippen LogP contribution in [0.2, 0.25) is 0 Å². The van der Waals surface area contributed by atoms with Gasteiger partial charge in [-0.05, 0) is 0 Å². The first-order chi connectivity index (χ1) is 5.61. The fraction of sp³-hybridized carbons (Fsp3) is 0.714. The molecule has 3 unspecified atom stereocenters. The summed E-state index contributed by atoms with van der Waals surface area (Å²) in [4.78, 5) is 0. The number of terminal acetylenes is 1. The molecule has 0 aromatic heterocycles. The highest BCUT2D eigenvalue weighted by Crippen LogP contribution is 2.53. The maximum Gasteiger partial charge on any atom is 0.475 e. The molecule has 1 saturated heterocycles. The van der Waals surface area contributed by atoms with Gasteiger partial charge in [0.1, 0.15) is 6.10 Å². The Kier molecular flexibility index (Phi) is 2.92. The lowest BCUT2D eigenvalue weighted by Crippen LogP contribution is -2.28. The zero-order valence-corrected chi connectivity index (χ0v) is 7.91. The van der Waals surface area contributed by atoms with Gasteiger partial charge in [-0.25, -0.2) is 4.57 Å². The maximum absolute atomic E-state index is 11.4. The summed E-state index contributed by atoms with van der Waals surface area (Å²) in [6, 6.07) is 0. The van der Waals surface area contributed by atoms with E-state index in [1.165, 1.54) is 7.11 Å². The SMILES string of the molecule is C#CC1OP(=O)(OC)OCC1C. The highest BCUT2D eigenvalue weighted by Gasteiger charge is 2.37. The normalized spacial score (nSPS) is 42.1. The molecule has 0 aliphatic carbocycles. The molecule has 1 heterocycles. The Bertz CT molecular complexity index is 244. The molecule has 5 heteroatoms. The predicted molar refractivity (Wildman–Crippen MR) is 43.4 cm³/mol. The van der Waals surface area contributed by atoms with Gasteiger partial charge < -0.3 is 0 Å². The van der Waals surface area contributed by atoms with Crippen molar-refractivity contribution in [1.82, 2.24) is 0 Å². The first kappa shape index (κ1) is 9.76. The molecule has 4 nitrogen and oxygen atoms in total. The summed E-state index contributed by atoms with van der Waals surface area (Å²) in [5, 5.41) is 0. The molecule has 0 radical (unpaired) electrons. The zero-order chi connectivity index (χ0) is 9.19. The first-order valence-electron chi connectivity index (χ1n) is 3.56. The second-order valence-electron chi connectivity index (χ2n) is 2.60. The van der Waals surface area contributed by atoms with E-state index in [1.807, 2.05) is 6.92 Å². The van der Waals surface area contributed by atoms with Gasteiger partial charge in [0.15, 0.2) is 0 Å². The van der Waals surface area contributed by atoms with Crippen molar-refractivity contribution >= 4 is 7.82 Å². The molecule has 68 valence electrons. The van der Waals surface area contributed by atoms with Crippen LogP contribution >= 0.6 is 7.82 Å². The fourth-order valence-electron chi connectivity index (χ4n) is 0.860. The molecular weight excluding hydrogens is 179 g/mol. The summed E-state index contributed by atoms with van der Waals surface area (Å²) in [5.74, 6) is 2.44. The summed E-state index contributed by atoms with van der Waals surface area (Å²) in [5.41, 5.74) is 0. The summed E-state index contributed by atoms with van der Waals surface area (Å²) < 4.78 is 25.8. The van der Waals surface area contributed by atoms with Crippen molar-refractivity contribution in [3.63, 3.8) is 0 Å². The molecule has 0 spiro atoms. The van der Waals surface area contributed by atoms with E-state index in [0.29, 0.717) is 6.61 Å². The number of rotatable bonds is 1. The van der Waals surface area contributed by atoms with Crippen LogP contribution in [0.1, 0.15) is 6.92 Å². The minimum Gasteiger partial charge on any atom is -0.290 e. The third kappa shape index (κ3) is 1.88. The summed E-state index contributed by atoms with van der Waals surface area (Å²) in [6.07, 6.45) is 4.68. The quantitative estimate of drug-likeness (QED) is 0.463. The molecule has 0 aromatic carbocycles. The lowest BCUT2D eigenvalue weighted by molar-refractivity contribution is 0.0260. The summed E-state index contributed by atoms with van der Waals surface area (Å²) >= 11 is 0. The lowest BCUT2D eigenvalue weighted by atomic mass is 10.1. The molecule has 0 N–H and O–H groups in total. The average molecular weight is 190 g/mol. The minimum absolute atomic E-state index is 0.0484. The fourth-order valence-corrected chi connectivity index (χ4v) is 2.08. The van der Waals surface area contributed by atoms with Crippen molar-refractivity contribution in [2.24, 2.45) is 5.92 Å². The van der Waals surface area contributed by atoms with E-state index in [9.17, 15) is 4.57 Å². The maximum atomic E-state index is 11.4. The minimum atomic E-state index is -3.35. The Labute approximate surface area is 71.8 Å². The van der Waals surface area contributed by atoms with Gasteiger partial charge in [-0.2, -0.15) is 0 Å². The molecule has 3 atom stereocenters. The van der Waals surface area contributed by atoms with E-state index >= 15 is 0 Å². The Morgan fingerprint density at radius 2 is 2.42 bits per heavy atom. The third-order valence-corrected chi connectivity index (χ3v) is 3.04. The smallest absolute Gasteiger partial charge is 0.290 e. The highest BCUT2D eigenvalue weighted by atomic mass is 31.2. The largest absolute Gasteiger partial charge is 0.475 e. The molecule has 0 bridgehead atoms. The van der Waals surface area contributed by atoms with E-state index in [2.05, 4.69) is 10.4 Å². The van der Waals surface area contributed by atoms with Crippen molar-refractivity contribution in [3.8, 4) is 12.3 Å². The molecule has 1 rings (SSSR count). The van der Waals surface area contributed by atoms with Gasteiger partial charge in [-0.3, -0.25) is 13.6 Å².